The SMILES string of the molecule is CN(C)C(=O)CCC#C[Si](C)(C)C. The summed E-state index contributed by atoms with van der Waals surface area (Å²) in [6.07, 6.45) is 1.24. The first-order valence-electron chi connectivity index (χ1n) is 4.53. The van der Waals surface area contributed by atoms with Crippen molar-refractivity contribution in [3.63, 3.8) is 0 Å². The molecule has 0 spiro atoms. The van der Waals surface area contributed by atoms with Crippen molar-refractivity contribution in [1.29, 1.82) is 0 Å². The van der Waals surface area contributed by atoms with Crippen molar-refractivity contribution in [3.05, 3.63) is 0 Å². The standard InChI is InChI=1S/C10H19NOSi/c1-11(2)10(12)8-6-7-9-13(3,4)5/h6,8H2,1-5H3. The van der Waals surface area contributed by atoms with E-state index in [0.29, 0.717) is 12.8 Å². The number of carbonyl (C=O) groups is 1. The van der Waals surface area contributed by atoms with Crippen LogP contribution >= 0.6 is 0 Å². The molecule has 74 valence electrons. The molecule has 1 amide bonds. The maximum absolute atomic E-state index is 11.1. The summed E-state index contributed by atoms with van der Waals surface area (Å²) in [5.74, 6) is 3.23. The Balaban J connectivity index is 3.79. The molecule has 13 heavy (non-hydrogen) atoms. The second-order valence-corrected chi connectivity index (χ2v) is 9.09. The van der Waals surface area contributed by atoms with E-state index in [9.17, 15) is 4.79 Å². The summed E-state index contributed by atoms with van der Waals surface area (Å²) in [7, 11) is 2.30. The molecule has 0 bridgehead atoms. The number of hydrogen-bond acceptors (Lipinski definition) is 1. The molecule has 0 aliphatic rings. The van der Waals surface area contributed by atoms with Gasteiger partial charge in [0.05, 0.1) is 0 Å². The summed E-state index contributed by atoms with van der Waals surface area (Å²) in [5.41, 5.74) is 3.23. The van der Waals surface area contributed by atoms with Gasteiger partial charge in [0.2, 0.25) is 5.91 Å². The molecule has 0 radical (unpaired) electrons. The van der Waals surface area contributed by atoms with Crippen LogP contribution in [0.15, 0.2) is 0 Å². The second kappa shape index (κ2) is 5.08. The largest absolute Gasteiger partial charge is 0.349 e. The quantitative estimate of drug-likeness (QED) is 0.488. The molecular weight excluding hydrogens is 178 g/mol. The second-order valence-electron chi connectivity index (χ2n) is 4.34. The Morgan fingerprint density at radius 3 is 2.23 bits per heavy atom. The molecule has 2 nitrogen and oxygen atoms in total. The number of amides is 1. The smallest absolute Gasteiger partial charge is 0.223 e. The van der Waals surface area contributed by atoms with Crippen LogP contribution in [0.3, 0.4) is 0 Å². The van der Waals surface area contributed by atoms with Gasteiger partial charge in [-0.15, -0.1) is 11.5 Å². The molecule has 0 N–H and O–H groups in total. The average Bonchev–Trinajstić information content (AvgIpc) is 1.95. The first kappa shape index (κ1) is 12.2. The zero-order chi connectivity index (χ0) is 10.5. The van der Waals surface area contributed by atoms with E-state index < -0.39 is 8.07 Å². The zero-order valence-electron chi connectivity index (χ0n) is 9.27. The summed E-state index contributed by atoms with van der Waals surface area (Å²) in [4.78, 5) is 12.7. The molecule has 0 fully saturated rings. The van der Waals surface area contributed by atoms with Gasteiger partial charge >= 0.3 is 0 Å². The summed E-state index contributed by atoms with van der Waals surface area (Å²) in [6.45, 7) is 6.61. The van der Waals surface area contributed by atoms with Crippen molar-refractivity contribution in [2.24, 2.45) is 0 Å². The van der Waals surface area contributed by atoms with Gasteiger partial charge in [-0.25, -0.2) is 0 Å². The third kappa shape index (κ3) is 7.60. The molecule has 0 atom stereocenters. The lowest BCUT2D eigenvalue weighted by molar-refractivity contribution is -0.128. The van der Waals surface area contributed by atoms with E-state index in [-0.39, 0.29) is 5.91 Å². The molecule has 3 heteroatoms. The zero-order valence-corrected chi connectivity index (χ0v) is 10.3. The van der Waals surface area contributed by atoms with Gasteiger partial charge in [0, 0.05) is 26.9 Å². The third-order valence-electron chi connectivity index (χ3n) is 1.43. The Labute approximate surface area is 82.3 Å². The molecule has 0 unspecified atom stereocenters. The first-order valence-corrected chi connectivity index (χ1v) is 8.03. The highest BCUT2D eigenvalue weighted by Crippen LogP contribution is 1.98. The summed E-state index contributed by atoms with van der Waals surface area (Å²) in [6, 6.07) is 0. The van der Waals surface area contributed by atoms with Crippen LogP contribution in [0, 0.1) is 11.5 Å². The molecule has 0 saturated heterocycles. The van der Waals surface area contributed by atoms with Crippen LogP contribution in [0.1, 0.15) is 12.8 Å². The fourth-order valence-corrected chi connectivity index (χ4v) is 1.38. The molecule has 0 aliphatic carbocycles. The van der Waals surface area contributed by atoms with E-state index in [1.54, 1.807) is 19.0 Å². The highest BCUT2D eigenvalue weighted by atomic mass is 28.3. The van der Waals surface area contributed by atoms with Gasteiger partial charge in [0.1, 0.15) is 8.07 Å². The monoisotopic (exact) mass is 197 g/mol. The molecule has 0 saturated carbocycles. The molecule has 0 heterocycles. The fraction of sp³-hybridized carbons (Fsp3) is 0.700. The van der Waals surface area contributed by atoms with Crippen LogP contribution in [0.2, 0.25) is 19.6 Å². The lowest BCUT2D eigenvalue weighted by Crippen LogP contribution is -2.21. The molecule has 0 aliphatic heterocycles. The van der Waals surface area contributed by atoms with Crippen LogP contribution in [0.4, 0.5) is 0 Å². The minimum atomic E-state index is -1.24. The van der Waals surface area contributed by atoms with Gasteiger partial charge in [-0.2, -0.15) is 0 Å². The van der Waals surface area contributed by atoms with Crippen molar-refractivity contribution in [2.75, 3.05) is 14.1 Å². The van der Waals surface area contributed by atoms with E-state index in [1.165, 1.54) is 0 Å². The van der Waals surface area contributed by atoms with Crippen molar-refractivity contribution in [3.8, 4) is 11.5 Å². The predicted molar refractivity (Wildman–Crippen MR) is 59.1 cm³/mol. The Kier molecular flexibility index (Phi) is 4.79. The topological polar surface area (TPSA) is 20.3 Å². The Hall–Kier alpha value is -0.753. The number of hydrogen-bond donors (Lipinski definition) is 0. The van der Waals surface area contributed by atoms with Gasteiger partial charge in [-0.05, 0) is 0 Å². The van der Waals surface area contributed by atoms with E-state index >= 15 is 0 Å². The summed E-state index contributed by atoms with van der Waals surface area (Å²) >= 11 is 0. The third-order valence-corrected chi connectivity index (χ3v) is 2.35. The fourth-order valence-electron chi connectivity index (χ4n) is 0.721. The van der Waals surface area contributed by atoms with E-state index in [0.717, 1.165) is 0 Å². The predicted octanol–water partition coefficient (Wildman–Crippen LogP) is 1.74. The average molecular weight is 197 g/mol. The van der Waals surface area contributed by atoms with Crippen molar-refractivity contribution in [1.82, 2.24) is 4.90 Å². The molecule has 0 rings (SSSR count). The van der Waals surface area contributed by atoms with Gasteiger partial charge in [0.25, 0.3) is 0 Å². The number of nitrogens with zero attached hydrogens (tertiary/aromatic N) is 1. The van der Waals surface area contributed by atoms with Crippen molar-refractivity contribution in [2.45, 2.75) is 32.5 Å². The van der Waals surface area contributed by atoms with Crippen molar-refractivity contribution >= 4 is 14.0 Å². The maximum Gasteiger partial charge on any atom is 0.223 e. The van der Waals surface area contributed by atoms with Crippen LogP contribution in [-0.4, -0.2) is 33.0 Å². The van der Waals surface area contributed by atoms with Crippen LogP contribution < -0.4 is 0 Å². The Morgan fingerprint density at radius 1 is 1.31 bits per heavy atom. The minimum Gasteiger partial charge on any atom is -0.349 e. The number of rotatable bonds is 2. The molecule has 0 aromatic heterocycles. The first-order chi connectivity index (χ1) is 5.83. The van der Waals surface area contributed by atoms with E-state index in [4.69, 9.17) is 0 Å². The minimum absolute atomic E-state index is 0.157. The van der Waals surface area contributed by atoms with Crippen LogP contribution in [-0.2, 0) is 4.79 Å². The van der Waals surface area contributed by atoms with Gasteiger partial charge < -0.3 is 4.90 Å². The van der Waals surface area contributed by atoms with Gasteiger partial charge in [0.15, 0.2) is 0 Å². The van der Waals surface area contributed by atoms with Gasteiger partial charge in [-0.1, -0.05) is 19.6 Å². The highest BCUT2D eigenvalue weighted by molar-refractivity contribution is 6.83. The van der Waals surface area contributed by atoms with Gasteiger partial charge in [-0.3, -0.25) is 4.79 Å². The lowest BCUT2D eigenvalue weighted by atomic mass is 10.3. The van der Waals surface area contributed by atoms with Crippen molar-refractivity contribution < 1.29 is 4.79 Å². The van der Waals surface area contributed by atoms with E-state index in [1.807, 2.05) is 0 Å². The molecule has 0 aromatic carbocycles. The summed E-state index contributed by atoms with van der Waals surface area (Å²) < 4.78 is 0. The molecule has 0 aromatic rings. The normalized spacial score (nSPS) is 10.2. The number of carbonyl (C=O) groups excluding carboxylic acids is 1. The highest BCUT2D eigenvalue weighted by Gasteiger charge is 2.07. The summed E-state index contributed by atoms with van der Waals surface area (Å²) in [5, 5.41) is 0. The lowest BCUT2D eigenvalue weighted by Gasteiger charge is -2.08. The Bertz CT molecular complexity index is 230. The Morgan fingerprint density at radius 2 is 1.85 bits per heavy atom. The molecular formula is C10H19NOSi. The van der Waals surface area contributed by atoms with Crippen LogP contribution in [0.25, 0.3) is 0 Å². The van der Waals surface area contributed by atoms with E-state index in [2.05, 4.69) is 31.1 Å². The van der Waals surface area contributed by atoms with Crippen LogP contribution in [0.5, 0.6) is 0 Å². The maximum atomic E-state index is 11.1.